The van der Waals surface area contributed by atoms with Crippen LogP contribution in [-0.4, -0.2) is 39.1 Å². The fourth-order valence-electron chi connectivity index (χ4n) is 1.35. The quantitative estimate of drug-likeness (QED) is 0.794. The molecule has 1 N–H and O–H groups in total. The van der Waals surface area contributed by atoms with Gasteiger partial charge in [0.05, 0.1) is 19.5 Å². The number of hydrogen-bond acceptors (Lipinski definition) is 6. The highest BCUT2D eigenvalue weighted by Gasteiger charge is 2.18. The minimum absolute atomic E-state index is 0.121. The van der Waals surface area contributed by atoms with Crippen molar-refractivity contribution in [2.75, 3.05) is 13.2 Å². The van der Waals surface area contributed by atoms with Gasteiger partial charge in [-0.05, 0) is 13.8 Å². The van der Waals surface area contributed by atoms with Crippen LogP contribution in [0.1, 0.15) is 24.3 Å². The molecule has 0 aliphatic rings. The van der Waals surface area contributed by atoms with E-state index < -0.39 is 5.97 Å². The van der Waals surface area contributed by atoms with E-state index in [9.17, 15) is 4.79 Å². The maximum atomic E-state index is 11.7. The first kappa shape index (κ1) is 11.3. The molecular weight excluding hydrogens is 224 g/mol. The summed E-state index contributed by atoms with van der Waals surface area (Å²) in [5.74, 6) is -0.523. The molecule has 0 saturated heterocycles. The Morgan fingerprint density at radius 2 is 2.18 bits per heavy atom. The molecule has 17 heavy (non-hydrogen) atoms. The average molecular weight is 236 g/mol. The molecule has 0 amide bonds. The molecule has 90 valence electrons. The first-order valence-corrected chi connectivity index (χ1v) is 5.27. The standard InChI is InChI=1S/C10H12N4O3/c1-3-16-9(15)7-6-8(12-5-11-6)14-10(13-7)17-4-2/h5H,3-4H2,1-2H3,(H,11,12,13,14). The van der Waals surface area contributed by atoms with Gasteiger partial charge in [0.15, 0.2) is 11.3 Å². The smallest absolute Gasteiger partial charge is 0.359 e. The van der Waals surface area contributed by atoms with Crippen LogP contribution >= 0.6 is 0 Å². The van der Waals surface area contributed by atoms with E-state index in [1.165, 1.54) is 6.33 Å². The Morgan fingerprint density at radius 3 is 2.88 bits per heavy atom. The summed E-state index contributed by atoms with van der Waals surface area (Å²) in [6.07, 6.45) is 1.44. The van der Waals surface area contributed by atoms with Gasteiger partial charge < -0.3 is 14.5 Å². The lowest BCUT2D eigenvalue weighted by Crippen LogP contribution is -2.10. The topological polar surface area (TPSA) is 90.0 Å². The predicted octanol–water partition coefficient (Wildman–Crippen LogP) is 0.928. The normalized spacial score (nSPS) is 10.5. The largest absolute Gasteiger partial charge is 0.464 e. The number of ether oxygens (including phenoxy) is 2. The lowest BCUT2D eigenvalue weighted by molar-refractivity contribution is 0.0520. The van der Waals surface area contributed by atoms with Crippen molar-refractivity contribution in [2.45, 2.75) is 13.8 Å². The van der Waals surface area contributed by atoms with E-state index in [2.05, 4.69) is 19.9 Å². The highest BCUT2D eigenvalue weighted by molar-refractivity contribution is 5.98. The Hall–Kier alpha value is -2.18. The lowest BCUT2D eigenvalue weighted by atomic mass is 10.3. The number of nitrogens with one attached hydrogen (secondary N) is 1. The van der Waals surface area contributed by atoms with Crippen LogP contribution in [0.3, 0.4) is 0 Å². The zero-order valence-corrected chi connectivity index (χ0v) is 9.56. The van der Waals surface area contributed by atoms with E-state index in [1.807, 2.05) is 6.92 Å². The van der Waals surface area contributed by atoms with E-state index in [4.69, 9.17) is 9.47 Å². The number of nitrogens with zero attached hydrogens (tertiary/aromatic N) is 3. The molecule has 2 aromatic heterocycles. The average Bonchev–Trinajstić information content (AvgIpc) is 2.76. The summed E-state index contributed by atoms with van der Waals surface area (Å²) < 4.78 is 10.1. The van der Waals surface area contributed by atoms with Gasteiger partial charge in [-0.25, -0.2) is 9.78 Å². The molecule has 0 fully saturated rings. The maximum Gasteiger partial charge on any atom is 0.359 e. The first-order valence-electron chi connectivity index (χ1n) is 5.27. The van der Waals surface area contributed by atoms with Gasteiger partial charge >= 0.3 is 12.0 Å². The van der Waals surface area contributed by atoms with Gasteiger partial charge in [0, 0.05) is 0 Å². The number of esters is 1. The number of aromatic amines is 1. The summed E-state index contributed by atoms with van der Waals surface area (Å²) in [5, 5.41) is 0. The van der Waals surface area contributed by atoms with Crippen molar-refractivity contribution in [3.8, 4) is 6.01 Å². The monoisotopic (exact) mass is 236 g/mol. The summed E-state index contributed by atoms with van der Waals surface area (Å²) >= 11 is 0. The van der Waals surface area contributed by atoms with Crippen molar-refractivity contribution in [1.82, 2.24) is 19.9 Å². The second-order valence-corrected chi connectivity index (χ2v) is 3.11. The van der Waals surface area contributed by atoms with Gasteiger partial charge in [0.1, 0.15) is 5.52 Å². The van der Waals surface area contributed by atoms with Crippen molar-refractivity contribution in [2.24, 2.45) is 0 Å². The van der Waals surface area contributed by atoms with Crippen LogP contribution in [0.5, 0.6) is 6.01 Å². The van der Waals surface area contributed by atoms with Crippen LogP contribution in [0.2, 0.25) is 0 Å². The van der Waals surface area contributed by atoms with Crippen molar-refractivity contribution in [3.63, 3.8) is 0 Å². The van der Waals surface area contributed by atoms with Crippen LogP contribution in [0.4, 0.5) is 0 Å². The van der Waals surface area contributed by atoms with Crippen molar-refractivity contribution >= 4 is 17.1 Å². The van der Waals surface area contributed by atoms with Crippen LogP contribution in [-0.2, 0) is 4.74 Å². The van der Waals surface area contributed by atoms with E-state index in [1.54, 1.807) is 6.92 Å². The number of hydrogen-bond donors (Lipinski definition) is 1. The SMILES string of the molecule is CCOC(=O)c1nc(OCC)nc2nc[nH]c12. The molecule has 0 atom stereocenters. The van der Waals surface area contributed by atoms with Gasteiger partial charge in [0.2, 0.25) is 0 Å². The van der Waals surface area contributed by atoms with Gasteiger partial charge in [-0.1, -0.05) is 0 Å². The number of rotatable bonds is 4. The van der Waals surface area contributed by atoms with Crippen LogP contribution < -0.4 is 4.74 Å². The molecule has 0 saturated carbocycles. The van der Waals surface area contributed by atoms with E-state index in [-0.39, 0.29) is 18.3 Å². The van der Waals surface area contributed by atoms with Gasteiger partial charge in [-0.15, -0.1) is 0 Å². The van der Waals surface area contributed by atoms with Crippen LogP contribution in [0.25, 0.3) is 11.2 Å². The second-order valence-electron chi connectivity index (χ2n) is 3.11. The molecule has 0 aliphatic heterocycles. The Kier molecular flexibility index (Phi) is 3.17. The third kappa shape index (κ3) is 2.17. The summed E-state index contributed by atoms with van der Waals surface area (Å²) in [7, 11) is 0. The summed E-state index contributed by atoms with van der Waals surface area (Å²) in [6.45, 7) is 4.23. The van der Waals surface area contributed by atoms with E-state index >= 15 is 0 Å². The third-order valence-corrected chi connectivity index (χ3v) is 2.01. The number of carbonyl (C=O) groups excluding carboxylic acids is 1. The maximum absolute atomic E-state index is 11.7. The fraction of sp³-hybridized carbons (Fsp3) is 0.400. The molecule has 7 heteroatoms. The molecular formula is C10H12N4O3. The lowest BCUT2D eigenvalue weighted by Gasteiger charge is -2.04. The zero-order valence-electron chi connectivity index (χ0n) is 9.56. The summed E-state index contributed by atoms with van der Waals surface area (Å²) in [4.78, 5) is 26.5. The Labute approximate surface area is 97.2 Å². The molecule has 0 radical (unpaired) electrons. The molecule has 0 spiro atoms. The molecule has 2 rings (SSSR count). The van der Waals surface area contributed by atoms with Crippen molar-refractivity contribution in [3.05, 3.63) is 12.0 Å². The van der Waals surface area contributed by atoms with Gasteiger partial charge in [0.25, 0.3) is 0 Å². The van der Waals surface area contributed by atoms with Crippen LogP contribution in [0, 0.1) is 0 Å². The fourth-order valence-corrected chi connectivity index (χ4v) is 1.35. The summed E-state index contributed by atoms with van der Waals surface area (Å²) in [6, 6.07) is 0.121. The molecule has 7 nitrogen and oxygen atoms in total. The number of aromatic nitrogens is 4. The Balaban J connectivity index is 2.50. The van der Waals surface area contributed by atoms with E-state index in [0.717, 1.165) is 0 Å². The minimum Gasteiger partial charge on any atom is -0.464 e. The molecule has 2 heterocycles. The second kappa shape index (κ2) is 4.77. The highest BCUT2D eigenvalue weighted by Crippen LogP contribution is 2.16. The predicted molar refractivity (Wildman–Crippen MR) is 58.8 cm³/mol. The molecule has 0 bridgehead atoms. The molecule has 0 aromatic carbocycles. The number of imidazole rings is 1. The first-order chi connectivity index (χ1) is 8.26. The minimum atomic E-state index is -0.523. The molecule has 2 aromatic rings. The van der Waals surface area contributed by atoms with Crippen LogP contribution in [0.15, 0.2) is 6.33 Å². The van der Waals surface area contributed by atoms with Crippen molar-refractivity contribution < 1.29 is 14.3 Å². The molecule has 0 aliphatic carbocycles. The van der Waals surface area contributed by atoms with Crippen molar-refractivity contribution in [1.29, 1.82) is 0 Å². The number of H-pyrrole nitrogens is 1. The number of carbonyl (C=O) groups is 1. The van der Waals surface area contributed by atoms with E-state index in [0.29, 0.717) is 17.8 Å². The molecule has 0 unspecified atom stereocenters. The Bertz CT molecular complexity index is 537. The van der Waals surface area contributed by atoms with Gasteiger partial charge in [-0.2, -0.15) is 9.97 Å². The summed E-state index contributed by atoms with van der Waals surface area (Å²) in [5.41, 5.74) is 0.969. The zero-order chi connectivity index (χ0) is 12.3. The number of fused-ring (bicyclic) bond motifs is 1. The van der Waals surface area contributed by atoms with Gasteiger partial charge in [-0.3, -0.25) is 0 Å². The Morgan fingerprint density at radius 1 is 1.35 bits per heavy atom. The highest BCUT2D eigenvalue weighted by atomic mass is 16.5. The third-order valence-electron chi connectivity index (χ3n) is 2.01.